The number of hydrogen-bond acceptors (Lipinski definition) is 6. The summed E-state index contributed by atoms with van der Waals surface area (Å²) in [6.45, 7) is 2.04. The molecule has 0 bridgehead atoms. The molecule has 1 heterocycles. The van der Waals surface area contributed by atoms with E-state index in [1.54, 1.807) is 18.8 Å². The van der Waals surface area contributed by atoms with Crippen molar-refractivity contribution in [1.29, 1.82) is 0 Å². The molecule has 0 aliphatic rings. The normalized spacial score (nSPS) is 11.6. The zero-order chi connectivity index (χ0) is 18.2. The molecule has 25 heavy (non-hydrogen) atoms. The minimum absolute atomic E-state index is 0.249. The van der Waals surface area contributed by atoms with Crippen molar-refractivity contribution in [3.05, 3.63) is 39.3 Å². The molecule has 0 spiro atoms. The number of rotatable bonds is 7. The van der Waals surface area contributed by atoms with Crippen LogP contribution in [0, 0.1) is 10.9 Å². The molecule has 10 heteroatoms. The molecule has 0 fully saturated rings. The summed E-state index contributed by atoms with van der Waals surface area (Å²) in [5.41, 5.74) is 2.38. The van der Waals surface area contributed by atoms with Crippen molar-refractivity contribution in [2.24, 2.45) is 0 Å². The summed E-state index contributed by atoms with van der Waals surface area (Å²) in [5.74, 6) is 0.968. The van der Waals surface area contributed by atoms with Crippen LogP contribution in [0.3, 0.4) is 0 Å². The van der Waals surface area contributed by atoms with E-state index in [4.69, 9.17) is 12.2 Å². The molecule has 0 aliphatic heterocycles. The molecule has 134 valence electrons. The molecule has 4 N–H and O–H groups in total. The summed E-state index contributed by atoms with van der Waals surface area (Å²) in [4.78, 5) is 24.0. The molecule has 1 aromatic carbocycles. The van der Waals surface area contributed by atoms with E-state index in [-0.39, 0.29) is 5.91 Å². The number of aromatic amines is 1. The number of nitrogens with zero attached hydrogens (tertiary/aromatic N) is 1. The second-order valence-electron chi connectivity index (χ2n) is 5.18. The third-order valence-electron chi connectivity index (χ3n) is 3.20. The van der Waals surface area contributed by atoms with Gasteiger partial charge in [0.25, 0.3) is 0 Å². The third kappa shape index (κ3) is 6.48. The van der Waals surface area contributed by atoms with E-state index in [2.05, 4.69) is 50.4 Å². The largest absolute Gasteiger partial charge is 0.357 e. The number of nitrogens with one attached hydrogen (secondary N) is 4. The molecule has 1 atom stereocenters. The SMILES string of the molecule is CNC(=O)[C@H](CSCc1ccc(C)cc1)NC(=O)Nc1n[nH]c(=S)s1. The first kappa shape index (κ1) is 19.4. The molecule has 3 amide bonds. The van der Waals surface area contributed by atoms with Crippen LogP contribution < -0.4 is 16.0 Å². The number of aromatic nitrogens is 2. The number of likely N-dealkylation sites (N-methyl/N-ethyl adjacent to an activating group) is 1. The Kier molecular flexibility index (Phi) is 7.41. The van der Waals surface area contributed by atoms with Crippen molar-refractivity contribution in [2.45, 2.75) is 18.7 Å². The van der Waals surface area contributed by atoms with E-state index in [1.165, 1.54) is 11.1 Å². The highest BCUT2D eigenvalue weighted by Gasteiger charge is 2.20. The predicted octanol–water partition coefficient (Wildman–Crippen LogP) is 2.68. The molecule has 2 rings (SSSR count). The number of hydrogen-bond donors (Lipinski definition) is 4. The lowest BCUT2D eigenvalue weighted by Gasteiger charge is -2.17. The summed E-state index contributed by atoms with van der Waals surface area (Å²) < 4.78 is 0.465. The Hall–Kier alpha value is -1.91. The molecule has 0 saturated heterocycles. The Morgan fingerprint density at radius 3 is 2.68 bits per heavy atom. The topological polar surface area (TPSA) is 98.9 Å². The maximum absolute atomic E-state index is 12.0. The lowest BCUT2D eigenvalue weighted by Crippen LogP contribution is -2.48. The van der Waals surface area contributed by atoms with Crippen molar-refractivity contribution in [1.82, 2.24) is 20.8 Å². The van der Waals surface area contributed by atoms with Crippen LogP contribution >= 0.6 is 35.3 Å². The zero-order valence-corrected chi connectivity index (χ0v) is 16.2. The van der Waals surface area contributed by atoms with E-state index in [9.17, 15) is 9.59 Å². The van der Waals surface area contributed by atoms with Crippen LogP contribution in [0.2, 0.25) is 0 Å². The molecule has 7 nitrogen and oxygen atoms in total. The average molecular weight is 398 g/mol. The number of urea groups is 1. The number of carbonyl (C=O) groups is 2. The zero-order valence-electron chi connectivity index (χ0n) is 13.8. The Bertz CT molecular complexity index is 772. The fourth-order valence-corrected chi connectivity index (χ4v) is 3.71. The third-order valence-corrected chi connectivity index (χ3v) is 5.31. The quantitative estimate of drug-likeness (QED) is 0.539. The van der Waals surface area contributed by atoms with Gasteiger partial charge >= 0.3 is 6.03 Å². The van der Waals surface area contributed by atoms with E-state index in [0.717, 1.165) is 17.1 Å². The molecule has 1 aromatic heterocycles. The van der Waals surface area contributed by atoms with Crippen LogP contribution in [-0.4, -0.2) is 41.0 Å². The van der Waals surface area contributed by atoms with Crippen LogP contribution in [0.1, 0.15) is 11.1 Å². The molecule has 2 aromatic rings. The molecule has 0 aliphatic carbocycles. The maximum atomic E-state index is 12.0. The number of amides is 3. The van der Waals surface area contributed by atoms with Gasteiger partial charge in [0.15, 0.2) is 3.95 Å². The van der Waals surface area contributed by atoms with Gasteiger partial charge in [-0.2, -0.15) is 11.8 Å². The van der Waals surface area contributed by atoms with Crippen molar-refractivity contribution in [3.63, 3.8) is 0 Å². The first-order valence-corrected chi connectivity index (χ1v) is 9.84. The fourth-order valence-electron chi connectivity index (χ4n) is 1.91. The second kappa shape index (κ2) is 9.54. The first-order valence-electron chi connectivity index (χ1n) is 7.46. The van der Waals surface area contributed by atoms with Crippen LogP contribution in [0.5, 0.6) is 0 Å². The molecular weight excluding hydrogens is 378 g/mol. The van der Waals surface area contributed by atoms with Gasteiger partial charge < -0.3 is 10.6 Å². The van der Waals surface area contributed by atoms with Crippen LogP contribution in [0.15, 0.2) is 24.3 Å². The van der Waals surface area contributed by atoms with Gasteiger partial charge in [0.1, 0.15) is 6.04 Å². The average Bonchev–Trinajstić information content (AvgIpc) is 2.99. The molecule has 0 saturated carbocycles. The summed E-state index contributed by atoms with van der Waals surface area (Å²) in [7, 11) is 1.54. The number of benzene rings is 1. The predicted molar refractivity (Wildman–Crippen MR) is 105 cm³/mol. The van der Waals surface area contributed by atoms with Crippen molar-refractivity contribution in [3.8, 4) is 0 Å². The van der Waals surface area contributed by atoms with Gasteiger partial charge in [-0.25, -0.2) is 4.79 Å². The van der Waals surface area contributed by atoms with E-state index >= 15 is 0 Å². The van der Waals surface area contributed by atoms with Gasteiger partial charge in [-0.15, -0.1) is 5.10 Å². The molecule has 0 radical (unpaired) electrons. The Morgan fingerprint density at radius 1 is 1.36 bits per heavy atom. The number of anilines is 1. The highest BCUT2D eigenvalue weighted by Crippen LogP contribution is 2.15. The van der Waals surface area contributed by atoms with E-state index < -0.39 is 12.1 Å². The number of aryl methyl sites for hydroxylation is 1. The monoisotopic (exact) mass is 397 g/mol. The van der Waals surface area contributed by atoms with E-state index in [0.29, 0.717) is 14.8 Å². The fraction of sp³-hybridized carbons (Fsp3) is 0.333. The second-order valence-corrected chi connectivity index (χ2v) is 7.88. The number of thioether (sulfide) groups is 1. The summed E-state index contributed by atoms with van der Waals surface area (Å²) in [5, 5.41) is 14.6. The first-order chi connectivity index (χ1) is 12.0. The lowest BCUT2D eigenvalue weighted by molar-refractivity contribution is -0.121. The minimum atomic E-state index is -0.646. The molecular formula is C15H19N5O2S3. The van der Waals surface area contributed by atoms with Gasteiger partial charge in [0.2, 0.25) is 11.0 Å². The van der Waals surface area contributed by atoms with Crippen molar-refractivity contribution in [2.75, 3.05) is 18.1 Å². The van der Waals surface area contributed by atoms with Gasteiger partial charge in [-0.3, -0.25) is 15.2 Å². The highest BCUT2D eigenvalue weighted by atomic mass is 32.2. The number of H-pyrrole nitrogens is 1. The van der Waals surface area contributed by atoms with Gasteiger partial charge in [-0.05, 0) is 24.7 Å². The van der Waals surface area contributed by atoms with Crippen LogP contribution in [-0.2, 0) is 10.5 Å². The Morgan fingerprint density at radius 2 is 2.08 bits per heavy atom. The summed E-state index contributed by atoms with van der Waals surface area (Å²) in [6.07, 6.45) is 0. The van der Waals surface area contributed by atoms with Gasteiger partial charge in [0, 0.05) is 18.6 Å². The lowest BCUT2D eigenvalue weighted by atomic mass is 10.2. The smallest absolute Gasteiger partial charge is 0.321 e. The Balaban J connectivity index is 1.87. The van der Waals surface area contributed by atoms with Crippen LogP contribution in [0.25, 0.3) is 0 Å². The standard InChI is InChI=1S/C15H19N5O2S3/c1-9-3-5-10(6-4-9)7-24-8-11(12(21)16-2)17-13(22)18-14-19-20-15(23)25-14/h3-6,11H,7-8H2,1-2H3,(H,16,21)(H,20,23)(H2,17,18,19,22)/t11-/m0/s1. The van der Waals surface area contributed by atoms with Crippen molar-refractivity contribution >= 4 is 52.4 Å². The van der Waals surface area contributed by atoms with Gasteiger partial charge in [0.05, 0.1) is 0 Å². The van der Waals surface area contributed by atoms with Gasteiger partial charge in [-0.1, -0.05) is 41.2 Å². The van der Waals surface area contributed by atoms with Crippen molar-refractivity contribution < 1.29 is 9.59 Å². The van der Waals surface area contributed by atoms with E-state index in [1.807, 2.05) is 6.92 Å². The Labute approximate surface area is 159 Å². The summed E-state index contributed by atoms with van der Waals surface area (Å²) in [6, 6.07) is 7.08. The molecule has 0 unspecified atom stereocenters. The summed E-state index contributed by atoms with van der Waals surface area (Å²) >= 11 is 7.63. The maximum Gasteiger partial charge on any atom is 0.321 e. The minimum Gasteiger partial charge on any atom is -0.357 e. The van der Waals surface area contributed by atoms with Crippen LogP contribution in [0.4, 0.5) is 9.93 Å². The number of carbonyl (C=O) groups excluding carboxylic acids is 2. The highest BCUT2D eigenvalue weighted by molar-refractivity contribution is 7.98.